The molecule has 10 heteroatoms. The minimum absolute atomic E-state index is 0.0486. The van der Waals surface area contributed by atoms with E-state index in [0.29, 0.717) is 11.4 Å². The van der Waals surface area contributed by atoms with Gasteiger partial charge in [0.15, 0.2) is 0 Å². The molecule has 28 heavy (non-hydrogen) atoms. The van der Waals surface area contributed by atoms with Crippen LogP contribution in [-0.2, 0) is 20.0 Å². The molecule has 1 heterocycles. The van der Waals surface area contributed by atoms with E-state index >= 15 is 0 Å². The average Bonchev–Trinajstić information content (AvgIpc) is 2.67. The van der Waals surface area contributed by atoms with Gasteiger partial charge in [0.05, 0.1) is 30.3 Å². The molecule has 1 aliphatic rings. The summed E-state index contributed by atoms with van der Waals surface area (Å²) < 4.78 is 65.0. The van der Waals surface area contributed by atoms with Crippen molar-refractivity contribution >= 4 is 31.4 Å². The molecule has 1 atom stereocenters. The molecule has 3 rings (SSSR count). The number of benzene rings is 2. The fourth-order valence-electron chi connectivity index (χ4n) is 2.95. The lowest BCUT2D eigenvalue weighted by Gasteiger charge is -2.35. The van der Waals surface area contributed by atoms with Crippen molar-refractivity contribution in [2.75, 3.05) is 28.5 Å². The molecule has 0 radical (unpaired) electrons. The maximum Gasteiger partial charge on any atom is 0.268 e. The minimum atomic E-state index is -3.98. The maximum atomic E-state index is 13.4. The van der Waals surface area contributed by atoms with Crippen molar-refractivity contribution in [3.8, 4) is 11.5 Å². The van der Waals surface area contributed by atoms with Crippen LogP contribution in [0.3, 0.4) is 0 Å². The lowest BCUT2D eigenvalue weighted by Crippen LogP contribution is -2.45. The summed E-state index contributed by atoms with van der Waals surface area (Å²) in [6.07, 6.45) is 0. The molecule has 8 nitrogen and oxygen atoms in total. The largest absolute Gasteiger partial charge is 0.495 e. The second-order valence-electron chi connectivity index (χ2n) is 6.30. The van der Waals surface area contributed by atoms with Gasteiger partial charge in [-0.1, -0.05) is 12.1 Å². The highest BCUT2D eigenvalue weighted by Gasteiger charge is 2.36. The standard InChI is InChI=1S/C18H22N2O6S2/c1-4-27(21,22)19-14-9-10-18(17(11-14)25-3)28(23,24)20-13(2)12-26-16-8-6-5-7-15(16)20/h5-11,13,19H,4,12H2,1-3H3/t13-/m0/s1. The van der Waals surface area contributed by atoms with Gasteiger partial charge in [-0.3, -0.25) is 9.03 Å². The minimum Gasteiger partial charge on any atom is -0.495 e. The zero-order chi connectivity index (χ0) is 20.5. The van der Waals surface area contributed by atoms with E-state index in [1.165, 1.54) is 36.5 Å². The topological polar surface area (TPSA) is 102 Å². The van der Waals surface area contributed by atoms with Crippen molar-refractivity contribution in [2.24, 2.45) is 0 Å². The normalized spacial score (nSPS) is 16.8. The molecule has 0 spiro atoms. The van der Waals surface area contributed by atoms with E-state index in [-0.39, 0.29) is 28.7 Å². The summed E-state index contributed by atoms with van der Waals surface area (Å²) in [5.74, 6) is 0.431. The van der Waals surface area contributed by atoms with E-state index in [1.807, 2.05) is 0 Å². The fraction of sp³-hybridized carbons (Fsp3) is 0.333. The Bertz CT molecular complexity index is 1080. The van der Waals surface area contributed by atoms with Gasteiger partial charge >= 0.3 is 0 Å². The van der Waals surface area contributed by atoms with E-state index in [0.717, 1.165) is 0 Å². The number of para-hydroxylation sites is 2. The van der Waals surface area contributed by atoms with Gasteiger partial charge in [-0.05, 0) is 38.1 Å². The Morgan fingerprint density at radius 2 is 1.89 bits per heavy atom. The van der Waals surface area contributed by atoms with Crippen LogP contribution in [0, 0.1) is 0 Å². The summed E-state index contributed by atoms with van der Waals surface area (Å²) in [4.78, 5) is -0.0574. The number of hydrogen-bond acceptors (Lipinski definition) is 6. The molecule has 1 aliphatic heterocycles. The Morgan fingerprint density at radius 3 is 2.57 bits per heavy atom. The summed E-state index contributed by atoms with van der Waals surface area (Å²) in [6.45, 7) is 3.48. The number of sulfonamides is 2. The number of anilines is 2. The van der Waals surface area contributed by atoms with Crippen LogP contribution in [0.1, 0.15) is 13.8 Å². The molecule has 0 unspecified atom stereocenters. The van der Waals surface area contributed by atoms with Crippen LogP contribution < -0.4 is 18.5 Å². The third kappa shape index (κ3) is 3.74. The van der Waals surface area contributed by atoms with Gasteiger partial charge in [0.25, 0.3) is 10.0 Å². The van der Waals surface area contributed by atoms with Gasteiger partial charge in [-0.15, -0.1) is 0 Å². The first-order valence-corrected chi connectivity index (χ1v) is 11.7. The predicted molar refractivity (Wildman–Crippen MR) is 107 cm³/mol. The number of methoxy groups -OCH3 is 1. The first-order chi connectivity index (χ1) is 13.2. The quantitative estimate of drug-likeness (QED) is 0.761. The second kappa shape index (κ2) is 7.51. The third-order valence-corrected chi connectivity index (χ3v) is 7.61. The van der Waals surface area contributed by atoms with Gasteiger partial charge in [0, 0.05) is 6.07 Å². The molecular weight excluding hydrogens is 404 g/mol. The molecule has 0 aromatic heterocycles. The molecule has 0 aliphatic carbocycles. The molecule has 152 valence electrons. The Kier molecular flexibility index (Phi) is 5.44. The highest BCUT2D eigenvalue weighted by atomic mass is 32.2. The van der Waals surface area contributed by atoms with Crippen molar-refractivity contribution in [1.29, 1.82) is 0 Å². The van der Waals surface area contributed by atoms with Gasteiger partial charge in [0.1, 0.15) is 23.0 Å². The highest BCUT2D eigenvalue weighted by molar-refractivity contribution is 7.93. The van der Waals surface area contributed by atoms with Gasteiger partial charge in [-0.2, -0.15) is 0 Å². The van der Waals surface area contributed by atoms with Crippen molar-refractivity contribution in [3.05, 3.63) is 42.5 Å². The number of nitrogens with zero attached hydrogens (tertiary/aromatic N) is 1. The number of hydrogen-bond donors (Lipinski definition) is 1. The number of fused-ring (bicyclic) bond motifs is 1. The lowest BCUT2D eigenvalue weighted by atomic mass is 10.2. The summed E-state index contributed by atoms with van der Waals surface area (Å²) in [7, 11) is -6.14. The zero-order valence-electron chi connectivity index (χ0n) is 15.7. The van der Waals surface area contributed by atoms with E-state index in [2.05, 4.69) is 4.72 Å². The summed E-state index contributed by atoms with van der Waals surface area (Å²) >= 11 is 0. The average molecular weight is 427 g/mol. The Labute approximate surface area is 165 Å². The number of rotatable bonds is 6. The van der Waals surface area contributed by atoms with Crippen molar-refractivity contribution in [1.82, 2.24) is 0 Å². The Hall–Kier alpha value is -2.46. The molecular formula is C18H22N2O6S2. The Balaban J connectivity index is 2.07. The van der Waals surface area contributed by atoms with Crippen LogP contribution >= 0.6 is 0 Å². The SMILES string of the molecule is CCS(=O)(=O)Nc1ccc(S(=O)(=O)N2c3ccccc3OC[C@@H]2C)c(OC)c1. The first kappa shape index (κ1) is 20.3. The predicted octanol–water partition coefficient (Wildman–Crippen LogP) is 2.43. The van der Waals surface area contributed by atoms with Gasteiger partial charge < -0.3 is 9.47 Å². The summed E-state index contributed by atoms with van der Waals surface area (Å²) in [5, 5.41) is 0. The van der Waals surface area contributed by atoms with Crippen LogP contribution in [-0.4, -0.2) is 42.3 Å². The van der Waals surface area contributed by atoms with Gasteiger partial charge in [-0.25, -0.2) is 16.8 Å². The van der Waals surface area contributed by atoms with E-state index in [9.17, 15) is 16.8 Å². The molecule has 0 fully saturated rings. The monoisotopic (exact) mass is 426 g/mol. The van der Waals surface area contributed by atoms with Crippen LogP contribution in [0.5, 0.6) is 11.5 Å². The van der Waals surface area contributed by atoms with E-state index in [4.69, 9.17) is 9.47 Å². The molecule has 0 saturated heterocycles. The van der Waals surface area contributed by atoms with Gasteiger partial charge in [0.2, 0.25) is 10.0 Å². The smallest absolute Gasteiger partial charge is 0.268 e. The lowest BCUT2D eigenvalue weighted by molar-refractivity contribution is 0.281. The second-order valence-corrected chi connectivity index (χ2v) is 10.1. The number of nitrogens with one attached hydrogen (secondary N) is 1. The maximum absolute atomic E-state index is 13.4. The van der Waals surface area contributed by atoms with E-state index in [1.54, 1.807) is 31.2 Å². The van der Waals surface area contributed by atoms with Crippen molar-refractivity contribution in [3.63, 3.8) is 0 Å². The van der Waals surface area contributed by atoms with Crippen molar-refractivity contribution in [2.45, 2.75) is 24.8 Å². The zero-order valence-corrected chi connectivity index (χ0v) is 17.4. The third-order valence-electron chi connectivity index (χ3n) is 4.34. The van der Waals surface area contributed by atoms with Crippen LogP contribution in [0.25, 0.3) is 0 Å². The molecule has 0 bridgehead atoms. The molecule has 2 aromatic rings. The highest BCUT2D eigenvalue weighted by Crippen LogP contribution is 2.39. The van der Waals surface area contributed by atoms with Crippen LogP contribution in [0.2, 0.25) is 0 Å². The van der Waals surface area contributed by atoms with Crippen molar-refractivity contribution < 1.29 is 26.3 Å². The van der Waals surface area contributed by atoms with Crippen LogP contribution in [0.4, 0.5) is 11.4 Å². The first-order valence-electron chi connectivity index (χ1n) is 8.64. The van der Waals surface area contributed by atoms with Crippen LogP contribution in [0.15, 0.2) is 47.4 Å². The molecule has 0 saturated carbocycles. The summed E-state index contributed by atoms with van der Waals surface area (Å²) in [5.41, 5.74) is 0.673. The Morgan fingerprint density at radius 1 is 1.18 bits per heavy atom. The molecule has 1 N–H and O–H groups in total. The molecule has 0 amide bonds. The number of ether oxygens (including phenoxy) is 2. The molecule has 2 aromatic carbocycles. The fourth-order valence-corrected chi connectivity index (χ4v) is 5.37. The van der Waals surface area contributed by atoms with E-state index < -0.39 is 26.1 Å². The summed E-state index contributed by atoms with van der Waals surface area (Å²) in [6, 6.07) is 10.6.